The van der Waals surface area contributed by atoms with E-state index in [1.807, 2.05) is 18.2 Å². The highest BCUT2D eigenvalue weighted by atomic mass is 32.1. The van der Waals surface area contributed by atoms with Crippen molar-refractivity contribution in [2.24, 2.45) is 0 Å². The van der Waals surface area contributed by atoms with Gasteiger partial charge in [0.05, 0.1) is 13.2 Å². The normalized spacial score (nSPS) is 15.5. The molecule has 3 nitrogen and oxygen atoms in total. The Morgan fingerprint density at radius 1 is 0.964 bits per heavy atom. The van der Waals surface area contributed by atoms with Gasteiger partial charge in [-0.15, -0.1) is 11.3 Å². The molecule has 0 bridgehead atoms. The van der Waals surface area contributed by atoms with Gasteiger partial charge in [0.25, 0.3) is 0 Å². The highest BCUT2D eigenvalue weighted by Crippen LogP contribution is 2.50. The fraction of sp³-hybridized carbons (Fsp3) is 0.304. The Bertz CT molecular complexity index is 994. The molecule has 2 aromatic carbocycles. The number of hydrogen-bond donors (Lipinski definition) is 0. The second kappa shape index (κ2) is 7.66. The third kappa shape index (κ3) is 3.46. The molecule has 2 aliphatic rings. The number of para-hydroxylation sites is 1. The van der Waals surface area contributed by atoms with Crippen molar-refractivity contribution < 1.29 is 13.9 Å². The summed E-state index contributed by atoms with van der Waals surface area (Å²) in [4.78, 5) is 4.65. The Labute approximate surface area is 168 Å². The van der Waals surface area contributed by atoms with Crippen molar-refractivity contribution in [3.8, 4) is 33.1 Å². The van der Waals surface area contributed by atoms with Crippen molar-refractivity contribution >= 4 is 11.3 Å². The predicted octanol–water partition coefficient (Wildman–Crippen LogP) is 5.94. The van der Waals surface area contributed by atoms with Crippen LogP contribution in [-0.4, -0.2) is 31.1 Å². The van der Waals surface area contributed by atoms with Crippen molar-refractivity contribution in [3.05, 3.63) is 59.2 Å². The number of hydrogen-bond acceptors (Lipinski definition) is 4. The monoisotopic (exact) mass is 395 g/mol. The predicted molar refractivity (Wildman–Crippen MR) is 111 cm³/mol. The summed E-state index contributed by atoms with van der Waals surface area (Å²) in [5.41, 5.74) is 2.93. The Morgan fingerprint density at radius 2 is 1.79 bits per heavy atom. The lowest BCUT2D eigenvalue weighted by Crippen LogP contribution is -2.23. The van der Waals surface area contributed by atoms with Gasteiger partial charge in [0, 0.05) is 33.0 Å². The maximum atomic E-state index is 14.0. The van der Waals surface area contributed by atoms with Gasteiger partial charge in [-0.2, -0.15) is 0 Å². The van der Waals surface area contributed by atoms with Crippen LogP contribution in [0.2, 0.25) is 0 Å². The fourth-order valence-electron chi connectivity index (χ4n) is 3.95. The van der Waals surface area contributed by atoms with Crippen LogP contribution in [-0.2, 0) is 11.3 Å². The molecule has 144 valence electrons. The second-order valence-electron chi connectivity index (χ2n) is 7.30. The van der Waals surface area contributed by atoms with Crippen LogP contribution in [0.15, 0.2) is 48.5 Å². The summed E-state index contributed by atoms with van der Waals surface area (Å²) >= 11 is 1.66. The average molecular weight is 395 g/mol. The lowest BCUT2D eigenvalue weighted by Gasteiger charge is -2.13. The Balaban J connectivity index is 1.43. The van der Waals surface area contributed by atoms with E-state index in [1.54, 1.807) is 23.5 Å². The first-order chi connectivity index (χ1) is 13.8. The molecule has 0 spiro atoms. The standard InChI is InChI=1S/C23H22FNO2S/c24-16-7-8-22-20(13-16)23-19(18-5-1-2-6-21(18)27-22)14-17(28-23)15-26-12-11-25-9-3-4-10-25/h1-2,5-8,13-14H,3-4,9-12,15H2. The summed E-state index contributed by atoms with van der Waals surface area (Å²) in [6.45, 7) is 4.70. The molecular formula is C23H22FNO2S. The van der Waals surface area contributed by atoms with E-state index in [-0.39, 0.29) is 5.82 Å². The van der Waals surface area contributed by atoms with Crippen molar-refractivity contribution in [2.75, 3.05) is 26.2 Å². The molecule has 0 unspecified atom stereocenters. The number of nitrogens with zero attached hydrogens (tertiary/aromatic N) is 1. The molecule has 1 aromatic heterocycles. The van der Waals surface area contributed by atoms with Gasteiger partial charge in [-0.3, -0.25) is 0 Å². The van der Waals surface area contributed by atoms with E-state index in [1.165, 1.54) is 32.0 Å². The molecule has 0 N–H and O–H groups in total. The number of likely N-dealkylation sites (tertiary alicyclic amines) is 1. The molecule has 5 heteroatoms. The zero-order valence-corrected chi connectivity index (χ0v) is 16.4. The average Bonchev–Trinajstić information content (AvgIpc) is 3.35. The third-order valence-electron chi connectivity index (χ3n) is 5.36. The van der Waals surface area contributed by atoms with Crippen molar-refractivity contribution in [2.45, 2.75) is 19.4 Å². The van der Waals surface area contributed by atoms with Crippen LogP contribution in [0.3, 0.4) is 0 Å². The zero-order valence-electron chi connectivity index (χ0n) is 15.6. The Morgan fingerprint density at radius 3 is 2.68 bits per heavy atom. The van der Waals surface area contributed by atoms with Crippen molar-refractivity contribution in [1.82, 2.24) is 4.90 Å². The second-order valence-corrected chi connectivity index (χ2v) is 8.43. The summed E-state index contributed by atoms with van der Waals surface area (Å²) in [6, 6.07) is 14.9. The van der Waals surface area contributed by atoms with Gasteiger partial charge in [-0.25, -0.2) is 4.39 Å². The topological polar surface area (TPSA) is 21.7 Å². The summed E-state index contributed by atoms with van der Waals surface area (Å²) in [5, 5.41) is 0. The molecule has 1 saturated heterocycles. The largest absolute Gasteiger partial charge is 0.456 e. The number of thiophene rings is 1. The van der Waals surface area contributed by atoms with Crippen LogP contribution in [0.4, 0.5) is 4.39 Å². The first kappa shape index (κ1) is 17.9. The maximum absolute atomic E-state index is 14.0. The summed E-state index contributed by atoms with van der Waals surface area (Å²) in [7, 11) is 0. The number of ether oxygens (including phenoxy) is 2. The van der Waals surface area contributed by atoms with Gasteiger partial charge in [-0.05, 0) is 56.3 Å². The molecule has 0 aliphatic carbocycles. The quantitative estimate of drug-likeness (QED) is 0.390. The van der Waals surface area contributed by atoms with Crippen molar-refractivity contribution in [3.63, 3.8) is 0 Å². The van der Waals surface area contributed by atoms with E-state index < -0.39 is 0 Å². The molecule has 28 heavy (non-hydrogen) atoms. The molecular weight excluding hydrogens is 373 g/mol. The molecule has 0 amide bonds. The van der Waals surface area contributed by atoms with Gasteiger partial charge in [0.2, 0.25) is 0 Å². The van der Waals surface area contributed by atoms with Gasteiger partial charge in [0.1, 0.15) is 17.3 Å². The molecule has 5 rings (SSSR count). The molecule has 1 fully saturated rings. The molecule has 2 aliphatic heterocycles. The highest BCUT2D eigenvalue weighted by Gasteiger charge is 2.23. The van der Waals surface area contributed by atoms with Crippen LogP contribution in [0.5, 0.6) is 11.5 Å². The Hall–Kier alpha value is -2.21. The van der Waals surface area contributed by atoms with E-state index in [0.717, 1.165) is 45.3 Å². The van der Waals surface area contributed by atoms with Crippen LogP contribution >= 0.6 is 11.3 Å². The highest BCUT2D eigenvalue weighted by molar-refractivity contribution is 7.16. The van der Waals surface area contributed by atoms with Gasteiger partial charge in [0.15, 0.2) is 0 Å². The fourth-order valence-corrected chi connectivity index (χ4v) is 5.08. The number of rotatable bonds is 5. The summed E-state index contributed by atoms with van der Waals surface area (Å²) in [5.74, 6) is 1.24. The van der Waals surface area contributed by atoms with E-state index >= 15 is 0 Å². The van der Waals surface area contributed by atoms with E-state index in [9.17, 15) is 4.39 Å². The van der Waals surface area contributed by atoms with Crippen LogP contribution < -0.4 is 4.74 Å². The van der Waals surface area contributed by atoms with E-state index in [0.29, 0.717) is 12.4 Å². The number of benzene rings is 2. The minimum Gasteiger partial charge on any atom is -0.456 e. The molecule has 0 atom stereocenters. The first-order valence-corrected chi connectivity index (χ1v) is 10.6. The SMILES string of the molecule is Fc1ccc2c(c1)-c1sc(COCCN3CCCC3)cc1-c1ccccc1O2. The van der Waals surface area contributed by atoms with Crippen LogP contribution in [0, 0.1) is 5.82 Å². The third-order valence-corrected chi connectivity index (χ3v) is 6.50. The summed E-state index contributed by atoms with van der Waals surface area (Å²) < 4.78 is 26.0. The van der Waals surface area contributed by atoms with E-state index in [2.05, 4.69) is 17.0 Å². The van der Waals surface area contributed by atoms with E-state index in [4.69, 9.17) is 9.47 Å². The van der Waals surface area contributed by atoms with Crippen LogP contribution in [0.25, 0.3) is 21.6 Å². The van der Waals surface area contributed by atoms with Crippen molar-refractivity contribution in [1.29, 1.82) is 0 Å². The lowest BCUT2D eigenvalue weighted by atomic mass is 10.0. The van der Waals surface area contributed by atoms with Gasteiger partial charge < -0.3 is 14.4 Å². The zero-order chi connectivity index (χ0) is 18.9. The minimum atomic E-state index is -0.254. The molecule has 0 radical (unpaired) electrons. The molecule has 0 saturated carbocycles. The maximum Gasteiger partial charge on any atom is 0.136 e. The summed E-state index contributed by atoms with van der Waals surface area (Å²) in [6.07, 6.45) is 2.60. The number of halogens is 1. The minimum absolute atomic E-state index is 0.254. The molecule has 3 aromatic rings. The first-order valence-electron chi connectivity index (χ1n) is 9.78. The lowest BCUT2D eigenvalue weighted by molar-refractivity contribution is 0.101. The Kier molecular flexibility index (Phi) is 4.89. The van der Waals surface area contributed by atoms with Crippen LogP contribution in [0.1, 0.15) is 17.7 Å². The van der Waals surface area contributed by atoms with Gasteiger partial charge >= 0.3 is 0 Å². The molecule has 3 heterocycles. The number of fused-ring (bicyclic) bond motifs is 5. The van der Waals surface area contributed by atoms with Gasteiger partial charge in [-0.1, -0.05) is 18.2 Å². The smallest absolute Gasteiger partial charge is 0.136 e.